The first-order valence-electron chi connectivity index (χ1n) is 6.98. The molecule has 10 nitrogen and oxygen atoms in total. The number of esters is 1. The summed E-state index contributed by atoms with van der Waals surface area (Å²) in [4.78, 5) is 37.5. The Morgan fingerprint density at radius 2 is 2.12 bits per heavy atom. The number of methoxy groups -OCH3 is 1. The van der Waals surface area contributed by atoms with E-state index in [0.717, 1.165) is 0 Å². The van der Waals surface area contributed by atoms with Crippen LogP contribution >= 0.6 is 0 Å². The van der Waals surface area contributed by atoms with Crippen molar-refractivity contribution in [1.82, 2.24) is 10.9 Å². The molecule has 2 N–H and O–H groups in total. The van der Waals surface area contributed by atoms with Gasteiger partial charge in [-0.3, -0.25) is 15.5 Å². The second kappa shape index (κ2) is 9.20. The maximum absolute atomic E-state index is 12.1. The average molecular weight is 338 g/mol. The monoisotopic (exact) mass is 338 g/mol. The highest BCUT2D eigenvalue weighted by molar-refractivity contribution is 6.39. The number of non-ortho nitro benzene ring substituents is 1. The van der Waals surface area contributed by atoms with Crippen LogP contribution in [0, 0.1) is 10.1 Å². The van der Waals surface area contributed by atoms with E-state index in [1.54, 1.807) is 13.8 Å². The minimum Gasteiger partial charge on any atom is -0.461 e. The van der Waals surface area contributed by atoms with Crippen molar-refractivity contribution >= 4 is 29.1 Å². The van der Waals surface area contributed by atoms with Crippen molar-refractivity contribution < 1.29 is 24.0 Å². The van der Waals surface area contributed by atoms with Crippen LogP contribution in [0.25, 0.3) is 0 Å². The summed E-state index contributed by atoms with van der Waals surface area (Å²) >= 11 is 0. The van der Waals surface area contributed by atoms with Crippen LogP contribution in [0.5, 0.6) is 0 Å². The number of amides is 1. The van der Waals surface area contributed by atoms with Crippen LogP contribution < -0.4 is 10.9 Å². The molecule has 24 heavy (non-hydrogen) atoms. The fourth-order valence-corrected chi connectivity index (χ4v) is 1.63. The van der Waals surface area contributed by atoms with Gasteiger partial charge in [0, 0.05) is 12.1 Å². The van der Waals surface area contributed by atoms with Crippen molar-refractivity contribution in [3.05, 3.63) is 34.4 Å². The average Bonchev–Trinajstić information content (AvgIpc) is 2.57. The Kier molecular flexibility index (Phi) is 7.30. The molecule has 0 fully saturated rings. The van der Waals surface area contributed by atoms with Crippen LogP contribution in [0.1, 0.15) is 13.8 Å². The molecule has 1 rings (SSSR count). The van der Waals surface area contributed by atoms with Gasteiger partial charge in [-0.2, -0.15) is 0 Å². The number of hydrogen-bond acceptors (Lipinski definition) is 8. The molecule has 0 saturated carbocycles. The Labute approximate surface area is 138 Å². The largest absolute Gasteiger partial charge is 0.461 e. The number of hydrogen-bond donors (Lipinski definition) is 2. The van der Waals surface area contributed by atoms with Gasteiger partial charge in [0.15, 0.2) is 0 Å². The second-order valence-electron chi connectivity index (χ2n) is 4.48. The molecule has 1 amide bonds. The highest BCUT2D eigenvalue weighted by atomic mass is 16.6. The van der Waals surface area contributed by atoms with Gasteiger partial charge in [0.2, 0.25) is 0 Å². The molecule has 0 heterocycles. The number of rotatable bonds is 7. The van der Waals surface area contributed by atoms with Crippen molar-refractivity contribution in [3.63, 3.8) is 0 Å². The molecule has 0 aliphatic carbocycles. The van der Waals surface area contributed by atoms with Crippen molar-refractivity contribution in [3.8, 4) is 0 Å². The van der Waals surface area contributed by atoms with E-state index in [1.165, 1.54) is 31.4 Å². The molecule has 0 spiro atoms. The first-order valence-corrected chi connectivity index (χ1v) is 6.98. The molecule has 1 atom stereocenters. The minimum atomic E-state index is -0.750. The summed E-state index contributed by atoms with van der Waals surface area (Å²) in [5, 5.41) is 10.8. The second-order valence-corrected chi connectivity index (χ2v) is 4.48. The van der Waals surface area contributed by atoms with E-state index in [-0.39, 0.29) is 23.7 Å². The van der Waals surface area contributed by atoms with E-state index in [9.17, 15) is 19.7 Å². The maximum atomic E-state index is 12.1. The number of hydrazine groups is 1. The van der Waals surface area contributed by atoms with Crippen LogP contribution in [0.15, 0.2) is 29.3 Å². The van der Waals surface area contributed by atoms with Crippen LogP contribution in [0.3, 0.4) is 0 Å². The SMILES string of the molecule is CCOC(=O)C(=Nc1cccc([N+](=O)[O-])c1)C(C)NNC(=O)OC. The number of benzene rings is 1. The van der Waals surface area contributed by atoms with Gasteiger partial charge in [0.1, 0.15) is 5.71 Å². The Hall–Kier alpha value is -3.01. The zero-order chi connectivity index (χ0) is 18.1. The van der Waals surface area contributed by atoms with Gasteiger partial charge in [-0.1, -0.05) is 6.07 Å². The third-order valence-electron chi connectivity index (χ3n) is 2.76. The molecule has 0 aliphatic rings. The molecule has 130 valence electrons. The normalized spacial score (nSPS) is 12.2. The van der Waals surface area contributed by atoms with Gasteiger partial charge in [0.25, 0.3) is 5.69 Å². The number of nitrogens with zero attached hydrogens (tertiary/aromatic N) is 2. The lowest BCUT2D eigenvalue weighted by Crippen LogP contribution is -2.48. The summed E-state index contributed by atoms with van der Waals surface area (Å²) in [5.41, 5.74) is 4.74. The van der Waals surface area contributed by atoms with Gasteiger partial charge in [0.05, 0.1) is 30.4 Å². The van der Waals surface area contributed by atoms with Crippen LogP contribution in [-0.2, 0) is 14.3 Å². The van der Waals surface area contributed by atoms with E-state index in [2.05, 4.69) is 20.6 Å². The molecule has 10 heteroatoms. The number of nitrogens with one attached hydrogen (secondary N) is 2. The van der Waals surface area contributed by atoms with Crippen LogP contribution in [0.2, 0.25) is 0 Å². The molecule has 1 aromatic carbocycles. The topological polar surface area (TPSA) is 132 Å². The van der Waals surface area contributed by atoms with E-state index in [1.807, 2.05) is 0 Å². The number of carbonyl (C=O) groups is 2. The number of carbonyl (C=O) groups excluding carboxylic acids is 2. The Morgan fingerprint density at radius 3 is 2.71 bits per heavy atom. The van der Waals surface area contributed by atoms with Crippen molar-refractivity contribution in [2.24, 2.45) is 4.99 Å². The molecule has 0 aliphatic heterocycles. The van der Waals surface area contributed by atoms with Gasteiger partial charge in [-0.25, -0.2) is 20.0 Å². The molecule has 1 aromatic rings. The molecule has 0 bridgehead atoms. The first kappa shape index (κ1) is 19.0. The number of ether oxygens (including phenoxy) is 2. The molecule has 1 unspecified atom stereocenters. The van der Waals surface area contributed by atoms with Crippen molar-refractivity contribution in [2.75, 3.05) is 13.7 Å². The molecular formula is C14H18N4O6. The lowest BCUT2D eigenvalue weighted by Gasteiger charge is -2.15. The summed E-state index contributed by atoms with van der Waals surface area (Å²) in [5.74, 6) is -0.712. The van der Waals surface area contributed by atoms with Crippen molar-refractivity contribution in [1.29, 1.82) is 0 Å². The molecular weight excluding hydrogens is 320 g/mol. The minimum absolute atomic E-state index is 0.0613. The third kappa shape index (κ3) is 5.65. The van der Waals surface area contributed by atoms with E-state index < -0.39 is 23.0 Å². The molecule has 0 aromatic heterocycles. The lowest BCUT2D eigenvalue weighted by atomic mass is 10.2. The predicted molar refractivity (Wildman–Crippen MR) is 85.0 cm³/mol. The Bertz CT molecular complexity index is 646. The highest BCUT2D eigenvalue weighted by Gasteiger charge is 2.21. The van der Waals surface area contributed by atoms with Gasteiger partial charge >= 0.3 is 12.1 Å². The summed E-state index contributed by atoms with van der Waals surface area (Å²) in [7, 11) is 1.19. The smallest absolute Gasteiger partial charge is 0.421 e. The Balaban J connectivity index is 3.08. The van der Waals surface area contributed by atoms with Crippen LogP contribution in [-0.4, -0.2) is 42.5 Å². The number of nitro groups is 1. The molecule has 0 radical (unpaired) electrons. The zero-order valence-corrected chi connectivity index (χ0v) is 13.4. The summed E-state index contributed by atoms with van der Waals surface area (Å²) < 4.78 is 9.33. The first-order chi connectivity index (χ1) is 11.4. The number of aliphatic imine (C=N–C) groups is 1. The fourth-order valence-electron chi connectivity index (χ4n) is 1.63. The van der Waals surface area contributed by atoms with Crippen LogP contribution in [0.4, 0.5) is 16.2 Å². The number of nitro benzene ring substituents is 1. The predicted octanol–water partition coefficient (Wildman–Crippen LogP) is 1.48. The quantitative estimate of drug-likeness (QED) is 0.333. The fraction of sp³-hybridized carbons (Fsp3) is 0.357. The third-order valence-corrected chi connectivity index (χ3v) is 2.76. The standard InChI is InChI=1S/C14H18N4O6/c1-4-24-13(19)12(9(2)16-17-14(20)23-3)15-10-6-5-7-11(8-10)18(21)22/h5-9,16H,4H2,1-3H3,(H,17,20). The molecule has 0 saturated heterocycles. The maximum Gasteiger partial charge on any atom is 0.421 e. The van der Waals surface area contributed by atoms with Crippen molar-refractivity contribution in [2.45, 2.75) is 19.9 Å². The van der Waals surface area contributed by atoms with Gasteiger partial charge in [-0.15, -0.1) is 0 Å². The zero-order valence-electron chi connectivity index (χ0n) is 13.4. The summed E-state index contributed by atoms with van der Waals surface area (Å²) in [6, 6.07) is 4.75. The van der Waals surface area contributed by atoms with E-state index in [4.69, 9.17) is 4.74 Å². The highest BCUT2D eigenvalue weighted by Crippen LogP contribution is 2.20. The van der Waals surface area contributed by atoms with E-state index in [0.29, 0.717) is 0 Å². The summed E-state index contributed by atoms with van der Waals surface area (Å²) in [6.07, 6.45) is -0.750. The summed E-state index contributed by atoms with van der Waals surface area (Å²) in [6.45, 7) is 3.32. The van der Waals surface area contributed by atoms with Gasteiger partial charge < -0.3 is 9.47 Å². The Morgan fingerprint density at radius 1 is 1.42 bits per heavy atom. The van der Waals surface area contributed by atoms with Gasteiger partial charge in [-0.05, 0) is 19.9 Å². The van der Waals surface area contributed by atoms with E-state index >= 15 is 0 Å². The lowest BCUT2D eigenvalue weighted by molar-refractivity contribution is -0.384.